The first-order chi connectivity index (χ1) is 9.15. The zero-order valence-corrected chi connectivity index (χ0v) is 11.0. The molecule has 0 saturated carbocycles. The second-order valence-electron chi connectivity index (χ2n) is 4.79. The predicted molar refractivity (Wildman–Crippen MR) is 70.2 cm³/mol. The van der Waals surface area contributed by atoms with E-state index in [-0.39, 0.29) is 17.8 Å². The maximum Gasteiger partial charge on any atom is 0.221 e. The molecule has 1 saturated heterocycles. The highest BCUT2D eigenvalue weighted by Crippen LogP contribution is 2.09. The van der Waals surface area contributed by atoms with Crippen LogP contribution in [0.4, 0.5) is 4.39 Å². The normalized spacial score (nSPS) is 19.2. The van der Waals surface area contributed by atoms with Gasteiger partial charge in [-0.2, -0.15) is 0 Å². The zero-order valence-electron chi connectivity index (χ0n) is 11.0. The summed E-state index contributed by atoms with van der Waals surface area (Å²) in [6.45, 7) is 4.20. The maximum atomic E-state index is 13.1. The second kappa shape index (κ2) is 6.63. The Hall–Kier alpha value is -1.46. The molecule has 2 rings (SSSR count). The van der Waals surface area contributed by atoms with Crippen LogP contribution in [0.2, 0.25) is 0 Å². The Kier molecular flexibility index (Phi) is 4.87. The Morgan fingerprint density at radius 1 is 1.58 bits per heavy atom. The average molecular weight is 266 g/mol. The number of amides is 1. The fourth-order valence-electron chi connectivity index (χ4n) is 2.06. The van der Waals surface area contributed by atoms with Crippen molar-refractivity contribution in [1.82, 2.24) is 10.6 Å². The molecule has 0 aromatic heterocycles. The number of hydrogen-bond acceptors (Lipinski definition) is 3. The van der Waals surface area contributed by atoms with Crippen LogP contribution in [0.1, 0.15) is 17.5 Å². The number of aryl methyl sites for hydroxylation is 1. The molecular formula is C14H19FN2O2. The SMILES string of the molecule is Cc1cc(CNC(=O)CC2COCCN2)ccc1F. The van der Waals surface area contributed by atoms with Gasteiger partial charge in [0.15, 0.2) is 0 Å². The quantitative estimate of drug-likeness (QED) is 0.859. The van der Waals surface area contributed by atoms with Gasteiger partial charge in [0, 0.05) is 25.6 Å². The Morgan fingerprint density at radius 2 is 2.42 bits per heavy atom. The highest BCUT2D eigenvalue weighted by molar-refractivity contribution is 5.76. The van der Waals surface area contributed by atoms with E-state index in [0.717, 1.165) is 12.1 Å². The fraction of sp³-hybridized carbons (Fsp3) is 0.500. The first kappa shape index (κ1) is 14.0. The van der Waals surface area contributed by atoms with Crippen molar-refractivity contribution < 1.29 is 13.9 Å². The Morgan fingerprint density at radius 3 is 3.11 bits per heavy atom. The van der Waals surface area contributed by atoms with Gasteiger partial charge in [-0.25, -0.2) is 4.39 Å². The van der Waals surface area contributed by atoms with Crippen LogP contribution in [0, 0.1) is 12.7 Å². The molecule has 0 bridgehead atoms. The van der Waals surface area contributed by atoms with Gasteiger partial charge in [0.05, 0.1) is 13.2 Å². The van der Waals surface area contributed by atoms with E-state index >= 15 is 0 Å². The molecule has 104 valence electrons. The summed E-state index contributed by atoms with van der Waals surface area (Å²) in [6, 6.07) is 4.94. The van der Waals surface area contributed by atoms with Crippen molar-refractivity contribution in [2.45, 2.75) is 25.9 Å². The summed E-state index contributed by atoms with van der Waals surface area (Å²) in [6.07, 6.45) is 0.403. The number of carbonyl (C=O) groups is 1. The summed E-state index contributed by atoms with van der Waals surface area (Å²) in [7, 11) is 0. The largest absolute Gasteiger partial charge is 0.378 e. The van der Waals surface area contributed by atoms with Crippen LogP contribution >= 0.6 is 0 Å². The first-order valence-electron chi connectivity index (χ1n) is 6.48. The molecule has 1 unspecified atom stereocenters. The Balaban J connectivity index is 1.77. The van der Waals surface area contributed by atoms with Gasteiger partial charge in [-0.1, -0.05) is 12.1 Å². The van der Waals surface area contributed by atoms with Gasteiger partial charge in [0.1, 0.15) is 5.82 Å². The Bertz CT molecular complexity index is 445. The molecule has 1 aliphatic heterocycles. The van der Waals surface area contributed by atoms with Crippen molar-refractivity contribution in [2.75, 3.05) is 19.8 Å². The third-order valence-electron chi connectivity index (χ3n) is 3.14. The molecule has 5 heteroatoms. The van der Waals surface area contributed by atoms with Gasteiger partial charge in [-0.15, -0.1) is 0 Å². The van der Waals surface area contributed by atoms with Crippen molar-refractivity contribution in [1.29, 1.82) is 0 Å². The molecule has 4 nitrogen and oxygen atoms in total. The third kappa shape index (κ3) is 4.29. The monoisotopic (exact) mass is 266 g/mol. The van der Waals surface area contributed by atoms with Crippen molar-refractivity contribution in [3.63, 3.8) is 0 Å². The van der Waals surface area contributed by atoms with Crippen molar-refractivity contribution in [3.8, 4) is 0 Å². The number of ether oxygens (including phenoxy) is 1. The molecule has 1 amide bonds. The predicted octanol–water partition coefficient (Wildman–Crippen LogP) is 1.13. The molecule has 0 spiro atoms. The van der Waals surface area contributed by atoms with Gasteiger partial charge in [0.25, 0.3) is 0 Å². The van der Waals surface area contributed by atoms with E-state index in [1.807, 2.05) is 0 Å². The molecule has 0 aliphatic carbocycles. The molecule has 1 heterocycles. The number of hydrogen-bond donors (Lipinski definition) is 2. The van der Waals surface area contributed by atoms with Crippen LogP contribution < -0.4 is 10.6 Å². The van der Waals surface area contributed by atoms with Crippen molar-refractivity contribution in [3.05, 3.63) is 35.1 Å². The maximum absolute atomic E-state index is 13.1. The van der Waals surface area contributed by atoms with Gasteiger partial charge in [-0.3, -0.25) is 4.79 Å². The van der Waals surface area contributed by atoms with Crippen molar-refractivity contribution >= 4 is 5.91 Å². The van der Waals surface area contributed by atoms with Gasteiger partial charge >= 0.3 is 0 Å². The molecule has 1 aliphatic rings. The lowest BCUT2D eigenvalue weighted by Crippen LogP contribution is -2.44. The van der Waals surface area contributed by atoms with Gasteiger partial charge in [0.2, 0.25) is 5.91 Å². The topological polar surface area (TPSA) is 50.4 Å². The average Bonchev–Trinajstić information content (AvgIpc) is 2.41. The lowest BCUT2D eigenvalue weighted by atomic mass is 10.1. The lowest BCUT2D eigenvalue weighted by molar-refractivity contribution is -0.122. The van der Waals surface area contributed by atoms with E-state index in [0.29, 0.717) is 31.7 Å². The molecule has 19 heavy (non-hydrogen) atoms. The number of halogens is 1. The molecule has 0 radical (unpaired) electrons. The summed E-state index contributed by atoms with van der Waals surface area (Å²) in [5.74, 6) is -0.247. The van der Waals surface area contributed by atoms with E-state index in [9.17, 15) is 9.18 Å². The highest BCUT2D eigenvalue weighted by Gasteiger charge is 2.16. The summed E-state index contributed by atoms with van der Waals surface area (Å²) in [5.41, 5.74) is 1.49. The van der Waals surface area contributed by atoms with E-state index in [1.165, 1.54) is 6.07 Å². The van der Waals surface area contributed by atoms with Gasteiger partial charge in [-0.05, 0) is 24.1 Å². The molecule has 1 aromatic carbocycles. The summed E-state index contributed by atoms with van der Waals surface area (Å²) >= 11 is 0. The lowest BCUT2D eigenvalue weighted by Gasteiger charge is -2.23. The Labute approximate surface area is 112 Å². The fourth-order valence-corrected chi connectivity index (χ4v) is 2.06. The number of morpholine rings is 1. The first-order valence-corrected chi connectivity index (χ1v) is 6.48. The second-order valence-corrected chi connectivity index (χ2v) is 4.79. The minimum absolute atomic E-state index is 0.0232. The number of carbonyl (C=O) groups excluding carboxylic acids is 1. The molecule has 1 atom stereocenters. The van der Waals surface area contributed by atoms with Crippen molar-refractivity contribution in [2.24, 2.45) is 0 Å². The molecule has 1 fully saturated rings. The van der Waals surface area contributed by atoms with Crippen LogP contribution in [0.3, 0.4) is 0 Å². The zero-order chi connectivity index (χ0) is 13.7. The van der Waals surface area contributed by atoms with Crippen LogP contribution in [-0.4, -0.2) is 31.7 Å². The van der Waals surface area contributed by atoms with Gasteiger partial charge < -0.3 is 15.4 Å². The summed E-state index contributed by atoms with van der Waals surface area (Å²) < 4.78 is 18.4. The summed E-state index contributed by atoms with van der Waals surface area (Å²) in [4.78, 5) is 11.8. The minimum atomic E-state index is -0.223. The molecular weight excluding hydrogens is 247 g/mol. The van der Waals surface area contributed by atoms with E-state index in [2.05, 4.69) is 10.6 Å². The van der Waals surface area contributed by atoms with Crippen LogP contribution in [0.25, 0.3) is 0 Å². The molecule has 2 N–H and O–H groups in total. The van der Waals surface area contributed by atoms with E-state index in [4.69, 9.17) is 4.74 Å². The minimum Gasteiger partial charge on any atom is -0.378 e. The van der Waals surface area contributed by atoms with E-state index < -0.39 is 0 Å². The van der Waals surface area contributed by atoms with Crippen LogP contribution in [0.5, 0.6) is 0 Å². The van der Waals surface area contributed by atoms with E-state index in [1.54, 1.807) is 19.1 Å². The number of rotatable bonds is 4. The molecule has 1 aromatic rings. The number of nitrogens with one attached hydrogen (secondary N) is 2. The smallest absolute Gasteiger partial charge is 0.221 e. The third-order valence-corrected chi connectivity index (χ3v) is 3.14. The summed E-state index contributed by atoms with van der Waals surface area (Å²) in [5, 5.41) is 6.07. The van der Waals surface area contributed by atoms with Crippen LogP contribution in [0.15, 0.2) is 18.2 Å². The number of benzene rings is 1. The standard InChI is InChI=1S/C14H19FN2O2/c1-10-6-11(2-3-13(10)15)8-17-14(18)7-12-9-19-5-4-16-12/h2-3,6,12,16H,4-5,7-9H2,1H3,(H,17,18). The highest BCUT2D eigenvalue weighted by atomic mass is 19.1. The van der Waals surface area contributed by atoms with Crippen LogP contribution in [-0.2, 0) is 16.1 Å².